The van der Waals surface area contributed by atoms with Gasteiger partial charge in [0, 0.05) is 20.1 Å². The van der Waals surface area contributed by atoms with Crippen molar-refractivity contribution in [3.05, 3.63) is 11.7 Å². The number of ether oxygens (including phenoxy) is 1. The molecule has 2 heterocycles. The van der Waals surface area contributed by atoms with E-state index in [4.69, 9.17) is 9.26 Å². The van der Waals surface area contributed by atoms with Gasteiger partial charge < -0.3 is 14.6 Å². The Bertz CT molecular complexity index is 345. The molecule has 0 bridgehead atoms. The minimum atomic E-state index is -0.0769. The first-order valence-electron chi connectivity index (χ1n) is 6.38. The number of nitrogens with one attached hydrogen (secondary N) is 1. The van der Waals surface area contributed by atoms with Crippen LogP contribution in [0.5, 0.6) is 0 Å². The van der Waals surface area contributed by atoms with Crippen LogP contribution in [0.15, 0.2) is 4.52 Å². The minimum Gasteiger partial charge on any atom is -0.385 e. The molecule has 5 nitrogen and oxygen atoms in total. The summed E-state index contributed by atoms with van der Waals surface area (Å²) in [7, 11) is 1.70. The number of aryl methyl sites for hydroxylation is 1. The highest BCUT2D eigenvalue weighted by molar-refractivity contribution is 5.06. The number of aromatic nitrogens is 2. The highest BCUT2D eigenvalue weighted by atomic mass is 16.5. The summed E-state index contributed by atoms with van der Waals surface area (Å²) in [6, 6.07) is 0. The van der Waals surface area contributed by atoms with Gasteiger partial charge in [0.1, 0.15) is 0 Å². The Balaban J connectivity index is 2.01. The van der Waals surface area contributed by atoms with Gasteiger partial charge in [-0.3, -0.25) is 0 Å². The van der Waals surface area contributed by atoms with Gasteiger partial charge in [0.25, 0.3) is 0 Å². The molecular formula is C12H21N3O2. The van der Waals surface area contributed by atoms with E-state index in [-0.39, 0.29) is 5.54 Å². The van der Waals surface area contributed by atoms with Crippen LogP contribution in [0.2, 0.25) is 0 Å². The Morgan fingerprint density at radius 2 is 2.41 bits per heavy atom. The van der Waals surface area contributed by atoms with E-state index in [0.717, 1.165) is 50.6 Å². The van der Waals surface area contributed by atoms with Gasteiger partial charge in [-0.15, -0.1) is 0 Å². The van der Waals surface area contributed by atoms with E-state index in [9.17, 15) is 0 Å². The van der Waals surface area contributed by atoms with Crippen LogP contribution in [0.1, 0.15) is 44.3 Å². The maximum absolute atomic E-state index is 5.41. The number of hydrogen-bond donors (Lipinski definition) is 1. The maximum atomic E-state index is 5.41. The lowest BCUT2D eigenvalue weighted by molar-refractivity contribution is 0.194. The van der Waals surface area contributed by atoms with Gasteiger partial charge in [-0.2, -0.15) is 4.98 Å². The van der Waals surface area contributed by atoms with Gasteiger partial charge in [0.2, 0.25) is 5.89 Å². The summed E-state index contributed by atoms with van der Waals surface area (Å²) in [6.45, 7) is 3.93. The zero-order valence-corrected chi connectivity index (χ0v) is 10.7. The van der Waals surface area contributed by atoms with Crippen LogP contribution in [0.4, 0.5) is 0 Å². The van der Waals surface area contributed by atoms with Crippen molar-refractivity contribution >= 4 is 0 Å². The summed E-state index contributed by atoms with van der Waals surface area (Å²) >= 11 is 0. The third-order valence-electron chi connectivity index (χ3n) is 3.47. The summed E-state index contributed by atoms with van der Waals surface area (Å²) in [6.07, 6.45) is 5.00. The molecule has 1 aromatic rings. The first-order chi connectivity index (χ1) is 8.30. The molecule has 0 aromatic carbocycles. The number of rotatable bonds is 6. The molecule has 96 valence electrons. The Morgan fingerprint density at radius 3 is 3.06 bits per heavy atom. The molecule has 0 radical (unpaired) electrons. The topological polar surface area (TPSA) is 60.2 Å². The lowest BCUT2D eigenvalue weighted by Gasteiger charge is -2.22. The third-order valence-corrected chi connectivity index (χ3v) is 3.47. The molecule has 1 aliphatic heterocycles. The Labute approximate surface area is 102 Å². The van der Waals surface area contributed by atoms with Crippen LogP contribution in [0, 0.1) is 0 Å². The molecule has 17 heavy (non-hydrogen) atoms. The van der Waals surface area contributed by atoms with Crippen LogP contribution < -0.4 is 5.32 Å². The predicted octanol–water partition coefficient (Wildman–Crippen LogP) is 1.64. The summed E-state index contributed by atoms with van der Waals surface area (Å²) in [5.41, 5.74) is -0.0769. The summed E-state index contributed by atoms with van der Waals surface area (Å²) in [5.74, 6) is 1.54. The zero-order valence-electron chi connectivity index (χ0n) is 10.7. The third kappa shape index (κ3) is 2.66. The fraction of sp³-hybridized carbons (Fsp3) is 0.833. The molecule has 1 atom stereocenters. The first kappa shape index (κ1) is 12.5. The van der Waals surface area contributed by atoms with Crippen molar-refractivity contribution < 1.29 is 9.26 Å². The van der Waals surface area contributed by atoms with E-state index in [0.29, 0.717) is 0 Å². The van der Waals surface area contributed by atoms with Crippen molar-refractivity contribution in [3.8, 4) is 0 Å². The maximum Gasteiger partial charge on any atom is 0.246 e. The fourth-order valence-corrected chi connectivity index (χ4v) is 2.37. The van der Waals surface area contributed by atoms with Crippen molar-refractivity contribution in [3.63, 3.8) is 0 Å². The van der Waals surface area contributed by atoms with Crippen molar-refractivity contribution in [2.75, 3.05) is 20.3 Å². The van der Waals surface area contributed by atoms with Gasteiger partial charge >= 0.3 is 0 Å². The van der Waals surface area contributed by atoms with E-state index in [2.05, 4.69) is 22.4 Å². The summed E-state index contributed by atoms with van der Waals surface area (Å²) in [5, 5.41) is 7.54. The molecule has 0 aliphatic carbocycles. The van der Waals surface area contributed by atoms with E-state index < -0.39 is 0 Å². The SMILES string of the molecule is CCC1(c2nc(CCCOC)no2)CCCN1. The number of methoxy groups -OCH3 is 1. The normalized spacial score (nSPS) is 24.4. The van der Waals surface area contributed by atoms with E-state index >= 15 is 0 Å². The summed E-state index contributed by atoms with van der Waals surface area (Å²) < 4.78 is 10.4. The van der Waals surface area contributed by atoms with E-state index in [1.54, 1.807) is 7.11 Å². The van der Waals surface area contributed by atoms with E-state index in [1.807, 2.05) is 0 Å². The second-order valence-electron chi connectivity index (χ2n) is 4.58. The van der Waals surface area contributed by atoms with Crippen molar-refractivity contribution in [2.45, 2.75) is 44.6 Å². The molecule has 1 unspecified atom stereocenters. The molecule has 1 N–H and O–H groups in total. The zero-order chi connectivity index (χ0) is 12.1. The van der Waals surface area contributed by atoms with Crippen molar-refractivity contribution in [2.24, 2.45) is 0 Å². The standard InChI is InChI=1S/C12H21N3O2/c1-3-12(7-5-8-13-12)11-14-10(15-17-11)6-4-9-16-2/h13H,3-9H2,1-2H3. The Hall–Kier alpha value is -0.940. The molecule has 0 spiro atoms. The fourth-order valence-electron chi connectivity index (χ4n) is 2.37. The number of hydrogen-bond acceptors (Lipinski definition) is 5. The van der Waals surface area contributed by atoms with Crippen LogP contribution in [-0.4, -0.2) is 30.4 Å². The minimum absolute atomic E-state index is 0.0769. The quantitative estimate of drug-likeness (QED) is 0.765. The molecule has 1 aliphatic rings. The monoisotopic (exact) mass is 239 g/mol. The predicted molar refractivity (Wildman–Crippen MR) is 63.7 cm³/mol. The van der Waals surface area contributed by atoms with Crippen LogP contribution in [0.25, 0.3) is 0 Å². The molecule has 1 saturated heterocycles. The summed E-state index contributed by atoms with van der Waals surface area (Å²) in [4.78, 5) is 4.51. The smallest absolute Gasteiger partial charge is 0.246 e. The second kappa shape index (κ2) is 5.60. The Kier molecular flexibility index (Phi) is 4.12. The van der Waals surface area contributed by atoms with Crippen molar-refractivity contribution in [1.82, 2.24) is 15.5 Å². The van der Waals surface area contributed by atoms with Crippen molar-refractivity contribution in [1.29, 1.82) is 0 Å². The van der Waals surface area contributed by atoms with Crippen LogP contribution >= 0.6 is 0 Å². The molecule has 5 heteroatoms. The highest BCUT2D eigenvalue weighted by Crippen LogP contribution is 2.32. The lowest BCUT2D eigenvalue weighted by atomic mass is 9.94. The molecular weight excluding hydrogens is 218 g/mol. The molecule has 1 fully saturated rings. The van der Waals surface area contributed by atoms with Gasteiger partial charge in [-0.1, -0.05) is 12.1 Å². The van der Waals surface area contributed by atoms with Crippen LogP contribution in [0.3, 0.4) is 0 Å². The van der Waals surface area contributed by atoms with Gasteiger partial charge in [-0.05, 0) is 32.2 Å². The number of nitrogens with zero attached hydrogens (tertiary/aromatic N) is 2. The lowest BCUT2D eigenvalue weighted by Crippen LogP contribution is -2.36. The molecule has 1 aromatic heterocycles. The molecule has 0 saturated carbocycles. The van der Waals surface area contributed by atoms with Gasteiger partial charge in [0.15, 0.2) is 5.82 Å². The molecule has 2 rings (SSSR count). The van der Waals surface area contributed by atoms with Gasteiger partial charge in [0.05, 0.1) is 5.54 Å². The van der Waals surface area contributed by atoms with Crippen LogP contribution in [-0.2, 0) is 16.7 Å². The largest absolute Gasteiger partial charge is 0.385 e. The first-order valence-corrected chi connectivity index (χ1v) is 6.38. The highest BCUT2D eigenvalue weighted by Gasteiger charge is 2.38. The van der Waals surface area contributed by atoms with E-state index in [1.165, 1.54) is 6.42 Å². The molecule has 0 amide bonds. The van der Waals surface area contributed by atoms with Gasteiger partial charge in [-0.25, -0.2) is 0 Å². The average Bonchev–Trinajstić information content (AvgIpc) is 2.98. The average molecular weight is 239 g/mol. The Morgan fingerprint density at radius 1 is 1.53 bits per heavy atom. The second-order valence-corrected chi connectivity index (χ2v) is 4.58.